The number of aliphatic imine (C=N–C) groups is 1. The molecular formula is C32H40N6O4. The SMILES string of the molecule is CC(C)(C)OC(=O)N1CC(COc2cc(NC3=C4C=CC=NC4N(c4ccc(C=N)c(N)c4)O3)ccc2C(C)(C)C)C1. The van der Waals surface area contributed by atoms with E-state index in [1.54, 1.807) is 28.3 Å². The molecule has 0 spiro atoms. The fourth-order valence-corrected chi connectivity index (χ4v) is 4.97. The lowest BCUT2D eigenvalue weighted by Gasteiger charge is -2.39. The lowest BCUT2D eigenvalue weighted by atomic mass is 9.86. The monoisotopic (exact) mass is 572 g/mol. The van der Waals surface area contributed by atoms with E-state index in [0.717, 1.165) is 28.3 Å². The van der Waals surface area contributed by atoms with Crippen LogP contribution in [0.3, 0.4) is 0 Å². The molecule has 3 aliphatic rings. The van der Waals surface area contributed by atoms with E-state index in [2.05, 4.69) is 37.1 Å². The number of carbonyl (C=O) groups excluding carboxylic acids is 1. The minimum Gasteiger partial charge on any atom is -0.493 e. The molecular weight excluding hydrogens is 532 g/mol. The number of hydrogen-bond acceptors (Lipinski definition) is 9. The Kier molecular flexibility index (Phi) is 7.66. The van der Waals surface area contributed by atoms with Crippen LogP contribution < -0.4 is 20.9 Å². The molecule has 1 unspecified atom stereocenters. The van der Waals surface area contributed by atoms with Crippen molar-refractivity contribution in [3.63, 3.8) is 0 Å². The van der Waals surface area contributed by atoms with Crippen molar-refractivity contribution in [3.05, 3.63) is 71.1 Å². The van der Waals surface area contributed by atoms with E-state index in [4.69, 9.17) is 25.5 Å². The maximum atomic E-state index is 12.3. The smallest absolute Gasteiger partial charge is 0.410 e. The van der Waals surface area contributed by atoms with E-state index in [1.165, 1.54) is 6.21 Å². The summed E-state index contributed by atoms with van der Waals surface area (Å²) in [6.07, 6.45) is 6.17. The standard InChI is InChI=1S/C32H40N6O4/c1-31(2,3)25-12-10-22(14-27(25)40-19-20-17-37(18-20)30(39)41-32(4,5)6)36-29-24-8-7-13-35-28(24)38(42-29)23-11-9-21(16-33)26(34)15-23/h7-16,20,28,33,36H,17-19,34H2,1-6H3. The Bertz CT molecular complexity index is 1460. The molecule has 222 valence electrons. The maximum Gasteiger partial charge on any atom is 0.410 e. The molecule has 3 aliphatic heterocycles. The zero-order chi connectivity index (χ0) is 30.2. The summed E-state index contributed by atoms with van der Waals surface area (Å²) in [5, 5.41) is 12.7. The third-order valence-corrected chi connectivity index (χ3v) is 7.15. The van der Waals surface area contributed by atoms with Crippen LogP contribution in [-0.2, 0) is 15.0 Å². The Labute approximate surface area is 247 Å². The second-order valence-corrected chi connectivity index (χ2v) is 12.8. The Morgan fingerprint density at radius 3 is 2.60 bits per heavy atom. The number of fused-ring (bicyclic) bond motifs is 1. The average molecular weight is 573 g/mol. The van der Waals surface area contributed by atoms with E-state index in [-0.39, 0.29) is 23.6 Å². The number of amides is 1. The average Bonchev–Trinajstić information content (AvgIpc) is 3.24. The number of nitrogens with zero attached hydrogens (tertiary/aromatic N) is 3. The van der Waals surface area contributed by atoms with Gasteiger partial charge < -0.3 is 35.7 Å². The molecule has 10 nitrogen and oxygen atoms in total. The quantitative estimate of drug-likeness (QED) is 0.281. The second kappa shape index (κ2) is 11.1. The number of nitrogens with two attached hydrogens (primary N) is 1. The first-order valence-electron chi connectivity index (χ1n) is 14.2. The van der Waals surface area contributed by atoms with Gasteiger partial charge in [0.2, 0.25) is 5.88 Å². The number of benzene rings is 2. The van der Waals surface area contributed by atoms with Crippen molar-refractivity contribution in [2.45, 2.75) is 58.7 Å². The van der Waals surface area contributed by atoms with E-state index in [1.807, 2.05) is 51.1 Å². The Morgan fingerprint density at radius 2 is 1.93 bits per heavy atom. The van der Waals surface area contributed by atoms with E-state index >= 15 is 0 Å². The van der Waals surface area contributed by atoms with E-state index in [9.17, 15) is 4.79 Å². The number of rotatable bonds is 7. The van der Waals surface area contributed by atoms with Crippen LogP contribution in [-0.4, -0.2) is 54.9 Å². The molecule has 1 amide bonds. The zero-order valence-corrected chi connectivity index (χ0v) is 25.1. The van der Waals surface area contributed by atoms with Gasteiger partial charge >= 0.3 is 6.09 Å². The van der Waals surface area contributed by atoms with Crippen molar-refractivity contribution in [3.8, 4) is 5.75 Å². The van der Waals surface area contributed by atoms with Gasteiger partial charge in [0.25, 0.3) is 0 Å². The van der Waals surface area contributed by atoms with Gasteiger partial charge in [0, 0.05) is 54.4 Å². The van der Waals surface area contributed by atoms with Crippen molar-refractivity contribution >= 4 is 35.6 Å². The topological polar surface area (TPSA) is 126 Å². The number of anilines is 3. The minimum absolute atomic E-state index is 0.132. The van der Waals surface area contributed by atoms with Gasteiger partial charge in [0.05, 0.1) is 17.9 Å². The summed E-state index contributed by atoms with van der Waals surface area (Å²) in [4.78, 5) is 24.9. The van der Waals surface area contributed by atoms with Crippen LogP contribution in [0.4, 0.5) is 21.9 Å². The van der Waals surface area contributed by atoms with Crippen molar-refractivity contribution in [2.24, 2.45) is 10.9 Å². The predicted molar refractivity (Wildman–Crippen MR) is 166 cm³/mol. The number of allylic oxidation sites excluding steroid dienone is 1. The van der Waals surface area contributed by atoms with Gasteiger partial charge in [-0.25, -0.2) is 4.79 Å². The Morgan fingerprint density at radius 1 is 1.17 bits per heavy atom. The fourth-order valence-electron chi connectivity index (χ4n) is 4.97. The van der Waals surface area contributed by atoms with Crippen LogP contribution >= 0.6 is 0 Å². The number of nitrogen functional groups attached to an aromatic ring is 1. The minimum atomic E-state index is -0.511. The van der Waals surface area contributed by atoms with Crippen LogP contribution in [0.25, 0.3) is 0 Å². The van der Waals surface area contributed by atoms with Gasteiger partial charge in [-0.1, -0.05) is 26.8 Å². The van der Waals surface area contributed by atoms with Crippen LogP contribution in [0.5, 0.6) is 5.75 Å². The summed E-state index contributed by atoms with van der Waals surface area (Å²) in [5.74, 6) is 1.58. The van der Waals surface area contributed by atoms with Crippen LogP contribution in [0.1, 0.15) is 52.7 Å². The summed E-state index contributed by atoms with van der Waals surface area (Å²) in [6, 6.07) is 11.5. The number of hydrogen-bond donors (Lipinski definition) is 3. The molecule has 1 saturated heterocycles. The molecule has 0 bridgehead atoms. The summed E-state index contributed by atoms with van der Waals surface area (Å²) < 4.78 is 11.9. The highest BCUT2D eigenvalue weighted by Crippen LogP contribution is 2.38. The Balaban J connectivity index is 1.31. The van der Waals surface area contributed by atoms with Gasteiger partial charge in [-0.05, 0) is 68.2 Å². The first-order chi connectivity index (χ1) is 19.8. The van der Waals surface area contributed by atoms with Crippen LogP contribution in [0.15, 0.2) is 65.0 Å². The lowest BCUT2D eigenvalue weighted by molar-refractivity contribution is -0.00790. The molecule has 1 atom stereocenters. The lowest BCUT2D eigenvalue weighted by Crippen LogP contribution is -2.53. The molecule has 2 aromatic carbocycles. The molecule has 3 heterocycles. The number of dihydropyridines is 1. The largest absolute Gasteiger partial charge is 0.493 e. The molecule has 4 N–H and O–H groups in total. The second-order valence-electron chi connectivity index (χ2n) is 12.8. The molecule has 0 aromatic heterocycles. The third-order valence-electron chi connectivity index (χ3n) is 7.15. The number of ether oxygens (including phenoxy) is 2. The number of carbonyl (C=O) groups is 1. The zero-order valence-electron chi connectivity index (χ0n) is 25.1. The molecule has 0 radical (unpaired) electrons. The molecule has 0 saturated carbocycles. The van der Waals surface area contributed by atoms with Crippen LogP contribution in [0.2, 0.25) is 0 Å². The van der Waals surface area contributed by atoms with Gasteiger partial charge in [-0.15, -0.1) is 0 Å². The predicted octanol–water partition coefficient (Wildman–Crippen LogP) is 5.85. The van der Waals surface area contributed by atoms with Crippen LogP contribution in [0, 0.1) is 11.3 Å². The molecule has 5 rings (SSSR count). The van der Waals surface area contributed by atoms with E-state index in [0.29, 0.717) is 36.8 Å². The highest BCUT2D eigenvalue weighted by atomic mass is 16.7. The van der Waals surface area contributed by atoms with Crippen molar-refractivity contribution in [1.29, 1.82) is 5.41 Å². The first-order valence-corrected chi connectivity index (χ1v) is 14.2. The summed E-state index contributed by atoms with van der Waals surface area (Å²) in [7, 11) is 0. The number of hydroxylamine groups is 1. The van der Waals surface area contributed by atoms with Crippen molar-refractivity contribution in [1.82, 2.24) is 4.90 Å². The van der Waals surface area contributed by atoms with Gasteiger partial charge in [-0.2, -0.15) is 5.06 Å². The molecule has 10 heteroatoms. The van der Waals surface area contributed by atoms with Crippen molar-refractivity contribution < 1.29 is 19.1 Å². The molecule has 2 aromatic rings. The number of nitrogens with one attached hydrogen (secondary N) is 2. The third kappa shape index (κ3) is 6.22. The highest BCUT2D eigenvalue weighted by Gasteiger charge is 2.36. The normalized spacial score (nSPS) is 18.4. The van der Waals surface area contributed by atoms with Gasteiger partial charge in [0.1, 0.15) is 11.4 Å². The summed E-state index contributed by atoms with van der Waals surface area (Å²) in [5.41, 5.74) is 10.2. The summed E-state index contributed by atoms with van der Waals surface area (Å²) in [6.45, 7) is 13.8. The van der Waals surface area contributed by atoms with Crippen molar-refractivity contribution in [2.75, 3.05) is 35.8 Å². The highest BCUT2D eigenvalue weighted by molar-refractivity contribution is 5.86. The molecule has 0 aliphatic carbocycles. The number of likely N-dealkylation sites (tertiary alicyclic amines) is 1. The van der Waals surface area contributed by atoms with E-state index < -0.39 is 5.60 Å². The first kappa shape index (κ1) is 29.0. The van der Waals surface area contributed by atoms with Gasteiger partial charge in [0.15, 0.2) is 6.17 Å². The fraction of sp³-hybridized carbons (Fsp3) is 0.406. The molecule has 42 heavy (non-hydrogen) atoms. The van der Waals surface area contributed by atoms with Gasteiger partial charge in [-0.3, -0.25) is 4.99 Å². The summed E-state index contributed by atoms with van der Waals surface area (Å²) >= 11 is 0. The maximum absolute atomic E-state index is 12.3. The molecule has 1 fully saturated rings. The Hall–Kier alpha value is -4.47.